The molecule has 1 atom stereocenters. The predicted octanol–water partition coefficient (Wildman–Crippen LogP) is 1.86. The van der Waals surface area contributed by atoms with Crippen LogP contribution < -0.4 is 0 Å². The van der Waals surface area contributed by atoms with Crippen molar-refractivity contribution in [3.8, 4) is 0 Å². The second kappa shape index (κ2) is 4.10. The van der Waals surface area contributed by atoms with Crippen molar-refractivity contribution in [2.45, 2.75) is 39.4 Å². The number of rotatable bonds is 4. The molecule has 0 spiro atoms. The molecule has 0 radical (unpaired) electrons. The molecule has 3 heteroatoms. The Morgan fingerprint density at radius 2 is 1.64 bits per heavy atom. The quantitative estimate of drug-likeness (QED) is 0.658. The minimum Gasteiger partial charge on any atom is -0.229 e. The fraction of sp³-hybridized carbons (Fsp3) is 1.00. The Balaban J connectivity index is 4.31. The van der Waals surface area contributed by atoms with Crippen molar-refractivity contribution < 1.29 is 8.42 Å². The second-order valence-corrected chi connectivity index (χ2v) is 5.79. The van der Waals surface area contributed by atoms with Crippen LogP contribution in [-0.2, 0) is 9.84 Å². The van der Waals surface area contributed by atoms with Crippen molar-refractivity contribution in [2.75, 3.05) is 5.75 Å². The lowest BCUT2D eigenvalue weighted by Gasteiger charge is -2.15. The third-order valence-electron chi connectivity index (χ3n) is 1.99. The molecule has 0 heterocycles. The molecular weight excluding hydrogens is 160 g/mol. The van der Waals surface area contributed by atoms with Crippen molar-refractivity contribution in [3.05, 3.63) is 0 Å². The van der Waals surface area contributed by atoms with Gasteiger partial charge in [-0.05, 0) is 19.3 Å². The van der Waals surface area contributed by atoms with E-state index in [1.807, 2.05) is 20.8 Å². The monoisotopic (exact) mass is 178 g/mol. The molecule has 2 nitrogen and oxygen atoms in total. The highest BCUT2D eigenvalue weighted by Crippen LogP contribution is 2.12. The highest BCUT2D eigenvalue weighted by atomic mass is 32.2. The van der Waals surface area contributed by atoms with E-state index in [0.717, 1.165) is 6.42 Å². The summed E-state index contributed by atoms with van der Waals surface area (Å²) in [5.74, 6) is 0.554. The highest BCUT2D eigenvalue weighted by Gasteiger charge is 2.22. The first-order chi connectivity index (χ1) is 4.91. The van der Waals surface area contributed by atoms with Crippen molar-refractivity contribution in [1.29, 1.82) is 0 Å². The summed E-state index contributed by atoms with van der Waals surface area (Å²) in [7, 11) is -2.81. The van der Waals surface area contributed by atoms with Crippen molar-refractivity contribution in [2.24, 2.45) is 5.92 Å². The van der Waals surface area contributed by atoms with E-state index < -0.39 is 9.84 Å². The first-order valence-electron chi connectivity index (χ1n) is 4.13. The van der Waals surface area contributed by atoms with Gasteiger partial charge in [-0.25, -0.2) is 8.42 Å². The fourth-order valence-electron chi connectivity index (χ4n) is 0.885. The van der Waals surface area contributed by atoms with E-state index in [2.05, 4.69) is 0 Å². The summed E-state index contributed by atoms with van der Waals surface area (Å²) in [6.07, 6.45) is 0.722. The Kier molecular flexibility index (Phi) is 4.08. The van der Waals surface area contributed by atoms with Gasteiger partial charge in [0.15, 0.2) is 9.84 Å². The molecule has 0 aromatic carbocycles. The molecule has 0 aliphatic carbocycles. The minimum absolute atomic E-state index is 0.192. The molecule has 0 saturated heterocycles. The molecule has 1 unspecified atom stereocenters. The molecule has 0 rings (SSSR count). The molecule has 68 valence electrons. The van der Waals surface area contributed by atoms with Gasteiger partial charge in [0, 0.05) is 0 Å². The molecular formula is C8H18O2S. The van der Waals surface area contributed by atoms with Crippen molar-refractivity contribution >= 4 is 9.84 Å². The lowest BCUT2D eigenvalue weighted by molar-refractivity contribution is 0.545. The van der Waals surface area contributed by atoms with Crippen LogP contribution in [0.15, 0.2) is 0 Å². The van der Waals surface area contributed by atoms with E-state index in [1.54, 1.807) is 6.92 Å². The van der Waals surface area contributed by atoms with Gasteiger partial charge in [-0.15, -0.1) is 0 Å². The molecule has 0 saturated carbocycles. The van der Waals surface area contributed by atoms with Gasteiger partial charge in [-0.3, -0.25) is 0 Å². The van der Waals surface area contributed by atoms with Crippen LogP contribution in [-0.4, -0.2) is 19.4 Å². The van der Waals surface area contributed by atoms with E-state index in [0.29, 0.717) is 5.75 Å². The Hall–Kier alpha value is -0.0500. The number of hydrogen-bond donors (Lipinski definition) is 0. The van der Waals surface area contributed by atoms with Crippen LogP contribution in [0.4, 0.5) is 0 Å². The smallest absolute Gasteiger partial charge is 0.153 e. The van der Waals surface area contributed by atoms with Crippen LogP contribution in [0.5, 0.6) is 0 Å². The summed E-state index contributed by atoms with van der Waals surface area (Å²) in [6.45, 7) is 7.57. The number of sulfone groups is 1. The number of hydrogen-bond acceptors (Lipinski definition) is 2. The normalized spacial score (nSPS) is 15.4. The van der Waals surface area contributed by atoms with Crippen molar-refractivity contribution in [3.63, 3.8) is 0 Å². The van der Waals surface area contributed by atoms with Gasteiger partial charge in [0.1, 0.15) is 0 Å². The van der Waals surface area contributed by atoms with Crippen LogP contribution >= 0.6 is 0 Å². The summed E-state index contributed by atoms with van der Waals surface area (Å²) in [4.78, 5) is 0. The molecule has 0 aliphatic rings. The summed E-state index contributed by atoms with van der Waals surface area (Å²) in [5.41, 5.74) is 0. The maximum atomic E-state index is 11.4. The van der Waals surface area contributed by atoms with E-state index >= 15 is 0 Å². The van der Waals surface area contributed by atoms with Crippen LogP contribution in [0, 0.1) is 5.92 Å². The summed E-state index contributed by atoms with van der Waals surface area (Å²) >= 11 is 0. The molecule has 0 aliphatic heterocycles. The van der Waals surface area contributed by atoms with Gasteiger partial charge in [-0.2, -0.15) is 0 Å². The molecule has 0 fully saturated rings. The first kappa shape index (κ1) is 11.0. The van der Waals surface area contributed by atoms with E-state index in [4.69, 9.17) is 0 Å². The van der Waals surface area contributed by atoms with Gasteiger partial charge < -0.3 is 0 Å². The van der Waals surface area contributed by atoms with Gasteiger partial charge in [-0.1, -0.05) is 20.8 Å². The Bertz CT molecular complexity index is 192. The van der Waals surface area contributed by atoms with Gasteiger partial charge in [0.05, 0.1) is 11.0 Å². The summed E-state index contributed by atoms with van der Waals surface area (Å²) in [6, 6.07) is 0. The molecule has 11 heavy (non-hydrogen) atoms. The van der Waals surface area contributed by atoms with E-state index in [-0.39, 0.29) is 11.2 Å². The van der Waals surface area contributed by atoms with Gasteiger partial charge >= 0.3 is 0 Å². The third kappa shape index (κ3) is 3.23. The lowest BCUT2D eigenvalue weighted by atomic mass is 10.2. The zero-order chi connectivity index (χ0) is 9.07. The first-order valence-corrected chi connectivity index (χ1v) is 5.85. The Morgan fingerprint density at radius 3 is 1.91 bits per heavy atom. The lowest BCUT2D eigenvalue weighted by Crippen LogP contribution is -2.25. The Morgan fingerprint density at radius 1 is 1.18 bits per heavy atom. The standard InChI is InChI=1S/C8H18O2S/c1-5-6-11(9,10)8(4)7(2)3/h7-8H,5-6H2,1-4H3. The molecule has 0 aromatic heterocycles. The largest absolute Gasteiger partial charge is 0.229 e. The highest BCUT2D eigenvalue weighted by molar-refractivity contribution is 7.92. The van der Waals surface area contributed by atoms with Gasteiger partial charge in [0.25, 0.3) is 0 Å². The molecule has 0 amide bonds. The van der Waals surface area contributed by atoms with Crippen molar-refractivity contribution in [1.82, 2.24) is 0 Å². The minimum atomic E-state index is -2.81. The fourth-order valence-corrected chi connectivity index (χ4v) is 2.66. The van der Waals surface area contributed by atoms with Crippen LogP contribution in [0.3, 0.4) is 0 Å². The van der Waals surface area contributed by atoms with Crippen LogP contribution in [0.25, 0.3) is 0 Å². The summed E-state index contributed by atoms with van der Waals surface area (Å²) in [5, 5.41) is -0.192. The average molecular weight is 178 g/mol. The SMILES string of the molecule is CCCS(=O)(=O)C(C)C(C)C. The molecule has 0 bridgehead atoms. The van der Waals surface area contributed by atoms with Gasteiger partial charge in [0.2, 0.25) is 0 Å². The maximum absolute atomic E-state index is 11.4. The predicted molar refractivity (Wildman–Crippen MR) is 48.4 cm³/mol. The zero-order valence-electron chi connectivity index (χ0n) is 7.79. The van der Waals surface area contributed by atoms with E-state index in [1.165, 1.54) is 0 Å². The maximum Gasteiger partial charge on any atom is 0.153 e. The second-order valence-electron chi connectivity index (χ2n) is 3.32. The average Bonchev–Trinajstić information content (AvgIpc) is 1.86. The third-order valence-corrected chi connectivity index (χ3v) is 4.65. The molecule has 0 aromatic rings. The zero-order valence-corrected chi connectivity index (χ0v) is 8.61. The topological polar surface area (TPSA) is 34.1 Å². The Labute approximate surface area is 69.9 Å². The summed E-state index contributed by atoms with van der Waals surface area (Å²) < 4.78 is 22.7. The van der Waals surface area contributed by atoms with Crippen LogP contribution in [0.1, 0.15) is 34.1 Å². The van der Waals surface area contributed by atoms with Crippen LogP contribution in [0.2, 0.25) is 0 Å². The molecule has 0 N–H and O–H groups in total. The van der Waals surface area contributed by atoms with E-state index in [9.17, 15) is 8.42 Å².